The van der Waals surface area contributed by atoms with Gasteiger partial charge in [-0.1, -0.05) is 18.2 Å². The van der Waals surface area contributed by atoms with Gasteiger partial charge in [0.05, 0.1) is 22.4 Å². The second-order valence-corrected chi connectivity index (χ2v) is 6.49. The van der Waals surface area contributed by atoms with Crippen LogP contribution in [0.1, 0.15) is 37.7 Å². The molecule has 0 saturated carbocycles. The molecular weight excluding hydrogens is 388 g/mol. The first-order valence-electron chi connectivity index (χ1n) is 8.89. The Morgan fingerprint density at radius 3 is 2.57 bits per heavy atom. The van der Waals surface area contributed by atoms with Gasteiger partial charge in [0.2, 0.25) is 0 Å². The summed E-state index contributed by atoms with van der Waals surface area (Å²) in [6, 6.07) is 13.8. The van der Waals surface area contributed by atoms with Crippen LogP contribution in [0.4, 0.5) is 5.69 Å². The van der Waals surface area contributed by atoms with Crippen molar-refractivity contribution < 1.29 is 19.6 Å². The topological polar surface area (TPSA) is 127 Å². The largest absolute Gasteiger partial charge is 0.478 e. The van der Waals surface area contributed by atoms with Crippen molar-refractivity contribution in [3.63, 3.8) is 0 Å². The van der Waals surface area contributed by atoms with Gasteiger partial charge in [-0.2, -0.15) is 5.10 Å². The van der Waals surface area contributed by atoms with Crippen molar-refractivity contribution in [2.24, 2.45) is 5.10 Å². The second-order valence-electron chi connectivity index (χ2n) is 6.49. The number of carbonyl (C=O) groups excluding carboxylic acids is 1. The minimum absolute atomic E-state index is 0.113. The van der Waals surface area contributed by atoms with E-state index >= 15 is 0 Å². The van der Waals surface area contributed by atoms with Gasteiger partial charge in [0, 0.05) is 34.6 Å². The average molecular weight is 406 g/mol. The number of non-ortho nitro benzene ring substituents is 1. The summed E-state index contributed by atoms with van der Waals surface area (Å²) in [6.07, 6.45) is 1.44. The van der Waals surface area contributed by atoms with Crippen LogP contribution in [-0.4, -0.2) is 32.7 Å². The number of aromatic nitrogens is 1. The maximum absolute atomic E-state index is 12.2. The zero-order chi connectivity index (χ0) is 21.8. The predicted molar refractivity (Wildman–Crippen MR) is 110 cm³/mol. The zero-order valence-corrected chi connectivity index (χ0v) is 16.2. The van der Waals surface area contributed by atoms with Gasteiger partial charge in [-0.3, -0.25) is 14.9 Å². The van der Waals surface area contributed by atoms with Gasteiger partial charge in [-0.25, -0.2) is 10.2 Å². The number of nitro benzene ring substituents is 1. The summed E-state index contributed by atoms with van der Waals surface area (Å²) >= 11 is 0. The van der Waals surface area contributed by atoms with E-state index < -0.39 is 16.8 Å². The Morgan fingerprint density at radius 2 is 1.87 bits per heavy atom. The summed E-state index contributed by atoms with van der Waals surface area (Å²) in [5, 5.41) is 24.2. The first kappa shape index (κ1) is 20.5. The molecule has 2 N–H and O–H groups in total. The number of hydrazone groups is 1. The molecule has 9 heteroatoms. The number of para-hydroxylation sites is 1. The number of hydrogen-bond donors (Lipinski definition) is 2. The molecule has 1 amide bonds. The van der Waals surface area contributed by atoms with Gasteiger partial charge < -0.3 is 9.67 Å². The quantitative estimate of drug-likeness (QED) is 0.368. The van der Waals surface area contributed by atoms with E-state index in [1.807, 2.05) is 19.9 Å². The molecule has 0 bridgehead atoms. The van der Waals surface area contributed by atoms with Crippen molar-refractivity contribution in [1.29, 1.82) is 0 Å². The Balaban J connectivity index is 1.84. The maximum atomic E-state index is 12.2. The Morgan fingerprint density at radius 1 is 1.13 bits per heavy atom. The van der Waals surface area contributed by atoms with Gasteiger partial charge >= 0.3 is 5.97 Å². The first-order valence-corrected chi connectivity index (χ1v) is 8.89. The summed E-state index contributed by atoms with van der Waals surface area (Å²) in [4.78, 5) is 34.0. The SMILES string of the molecule is Cc1cc(/C=N\NC(=O)c2cccc([N+](=O)[O-])c2)c(C)n1-c1ccccc1C(=O)O. The van der Waals surface area contributed by atoms with E-state index in [4.69, 9.17) is 0 Å². The Labute approximate surface area is 171 Å². The van der Waals surface area contributed by atoms with E-state index in [0.29, 0.717) is 11.3 Å². The highest BCUT2D eigenvalue weighted by atomic mass is 16.6. The number of amides is 1. The Bertz CT molecular complexity index is 1180. The fourth-order valence-electron chi connectivity index (χ4n) is 3.12. The summed E-state index contributed by atoms with van der Waals surface area (Å²) in [6.45, 7) is 3.65. The van der Waals surface area contributed by atoms with Crippen molar-refractivity contribution >= 4 is 23.8 Å². The third-order valence-electron chi connectivity index (χ3n) is 4.53. The lowest BCUT2D eigenvalue weighted by molar-refractivity contribution is -0.384. The highest BCUT2D eigenvalue weighted by molar-refractivity contribution is 5.95. The van der Waals surface area contributed by atoms with Gasteiger partial charge in [0.1, 0.15) is 0 Å². The van der Waals surface area contributed by atoms with Crippen molar-refractivity contribution in [3.05, 3.63) is 92.8 Å². The lowest BCUT2D eigenvalue weighted by atomic mass is 10.1. The van der Waals surface area contributed by atoms with Gasteiger partial charge in [0.25, 0.3) is 11.6 Å². The number of benzene rings is 2. The van der Waals surface area contributed by atoms with E-state index in [0.717, 1.165) is 11.4 Å². The van der Waals surface area contributed by atoms with Crippen molar-refractivity contribution in [2.45, 2.75) is 13.8 Å². The molecule has 0 fully saturated rings. The van der Waals surface area contributed by atoms with Gasteiger partial charge in [0.15, 0.2) is 0 Å². The van der Waals surface area contributed by atoms with Crippen molar-refractivity contribution in [1.82, 2.24) is 9.99 Å². The van der Waals surface area contributed by atoms with Crippen molar-refractivity contribution in [3.8, 4) is 5.69 Å². The molecule has 2 aromatic carbocycles. The fraction of sp³-hybridized carbons (Fsp3) is 0.0952. The third-order valence-corrected chi connectivity index (χ3v) is 4.53. The van der Waals surface area contributed by atoms with E-state index in [1.165, 1.54) is 36.5 Å². The Hall–Kier alpha value is -4.27. The molecule has 9 nitrogen and oxygen atoms in total. The molecule has 0 atom stereocenters. The minimum Gasteiger partial charge on any atom is -0.478 e. The molecule has 3 aromatic rings. The van der Waals surface area contributed by atoms with Gasteiger partial charge in [-0.05, 0) is 38.1 Å². The number of nitrogens with one attached hydrogen (secondary N) is 1. The highest BCUT2D eigenvalue weighted by Gasteiger charge is 2.16. The molecule has 0 aliphatic heterocycles. The number of carbonyl (C=O) groups is 2. The number of nitrogens with zero attached hydrogens (tertiary/aromatic N) is 3. The minimum atomic E-state index is -1.03. The monoisotopic (exact) mass is 406 g/mol. The molecule has 0 aliphatic rings. The standard InChI is InChI=1S/C21H18N4O5/c1-13-10-16(14(2)24(13)19-9-4-3-8-18(19)21(27)28)12-22-23-20(26)15-6-5-7-17(11-15)25(29)30/h3-12H,1-2H3,(H,23,26)(H,27,28)/b22-12-. The number of nitro groups is 1. The van der Waals surface area contributed by atoms with Crippen LogP contribution in [0.3, 0.4) is 0 Å². The van der Waals surface area contributed by atoms with Crippen LogP contribution in [0.25, 0.3) is 5.69 Å². The molecule has 0 aliphatic carbocycles. The lowest BCUT2D eigenvalue weighted by Crippen LogP contribution is -2.17. The third kappa shape index (κ3) is 4.09. The number of rotatable bonds is 6. The summed E-state index contributed by atoms with van der Waals surface area (Å²) in [5.74, 6) is -1.61. The van der Waals surface area contributed by atoms with Crippen LogP contribution in [0.15, 0.2) is 59.7 Å². The maximum Gasteiger partial charge on any atom is 0.337 e. The number of aryl methyl sites for hydroxylation is 1. The van der Waals surface area contributed by atoms with E-state index in [-0.39, 0.29) is 16.8 Å². The normalized spacial score (nSPS) is 10.9. The first-order chi connectivity index (χ1) is 14.3. The van der Waals surface area contributed by atoms with Crippen LogP contribution < -0.4 is 5.43 Å². The average Bonchev–Trinajstić information content (AvgIpc) is 3.01. The van der Waals surface area contributed by atoms with Gasteiger partial charge in [-0.15, -0.1) is 0 Å². The fourth-order valence-corrected chi connectivity index (χ4v) is 3.12. The molecule has 1 aromatic heterocycles. The van der Waals surface area contributed by atoms with Crippen LogP contribution in [0.5, 0.6) is 0 Å². The molecule has 0 unspecified atom stereocenters. The van der Waals surface area contributed by atoms with Crippen LogP contribution in [0.2, 0.25) is 0 Å². The molecule has 0 spiro atoms. The molecule has 3 rings (SSSR count). The summed E-state index contributed by atoms with van der Waals surface area (Å²) in [5.41, 5.74) is 5.20. The molecule has 1 heterocycles. The molecular formula is C21H18N4O5. The smallest absolute Gasteiger partial charge is 0.337 e. The number of aromatic carboxylic acids is 1. The molecule has 0 radical (unpaired) electrons. The van der Waals surface area contributed by atoms with E-state index in [2.05, 4.69) is 10.5 Å². The molecule has 30 heavy (non-hydrogen) atoms. The van der Waals surface area contributed by atoms with Crippen LogP contribution in [-0.2, 0) is 0 Å². The number of carboxylic acid groups (broad SMARTS) is 1. The molecule has 152 valence electrons. The molecule has 0 saturated heterocycles. The van der Waals surface area contributed by atoms with E-state index in [1.54, 1.807) is 22.8 Å². The second kappa shape index (κ2) is 8.39. The predicted octanol–water partition coefficient (Wildman–Crippen LogP) is 3.46. The summed E-state index contributed by atoms with van der Waals surface area (Å²) in [7, 11) is 0. The lowest BCUT2D eigenvalue weighted by Gasteiger charge is -2.12. The highest BCUT2D eigenvalue weighted by Crippen LogP contribution is 2.23. The van der Waals surface area contributed by atoms with E-state index in [9.17, 15) is 24.8 Å². The van der Waals surface area contributed by atoms with Crippen LogP contribution in [0, 0.1) is 24.0 Å². The van der Waals surface area contributed by atoms with Crippen molar-refractivity contribution in [2.75, 3.05) is 0 Å². The Kier molecular flexibility index (Phi) is 5.73. The summed E-state index contributed by atoms with van der Waals surface area (Å²) < 4.78 is 1.80. The van der Waals surface area contributed by atoms with Crippen LogP contribution >= 0.6 is 0 Å². The number of carboxylic acids is 1. The number of hydrogen-bond acceptors (Lipinski definition) is 5. The zero-order valence-electron chi connectivity index (χ0n) is 16.2.